The zero-order valence-corrected chi connectivity index (χ0v) is 13.2. The number of anilines is 1. The van der Waals surface area contributed by atoms with Crippen LogP contribution in [0.1, 0.15) is 38.4 Å². The van der Waals surface area contributed by atoms with E-state index in [9.17, 15) is 0 Å². The average Bonchev–Trinajstić information content (AvgIpc) is 2.38. The minimum atomic E-state index is 0.640. The van der Waals surface area contributed by atoms with Crippen LogP contribution in [0.3, 0.4) is 0 Å². The summed E-state index contributed by atoms with van der Waals surface area (Å²) in [6, 6.07) is 0. The molecule has 4 nitrogen and oxygen atoms in total. The Balaban J connectivity index is 3.33. The molecule has 0 radical (unpaired) electrons. The molecule has 19 heavy (non-hydrogen) atoms. The molecule has 0 aliphatic carbocycles. The average molecular weight is 281 g/mol. The number of thioether (sulfide) groups is 1. The third-order valence-electron chi connectivity index (χ3n) is 2.53. The zero-order chi connectivity index (χ0) is 14.3. The second kappa shape index (κ2) is 8.04. The summed E-state index contributed by atoms with van der Waals surface area (Å²) in [5.41, 5.74) is 1.92. The number of nitrogens with one attached hydrogen (secondary N) is 1. The third kappa shape index (κ3) is 4.13. The molecule has 106 valence electrons. The van der Waals surface area contributed by atoms with E-state index < -0.39 is 0 Å². The normalized spacial score (nSPS) is 11.5. The van der Waals surface area contributed by atoms with E-state index in [4.69, 9.17) is 4.74 Å². The molecule has 0 saturated heterocycles. The Morgan fingerprint density at radius 2 is 2.05 bits per heavy atom. The van der Waals surface area contributed by atoms with Gasteiger partial charge in [-0.1, -0.05) is 18.7 Å². The van der Waals surface area contributed by atoms with Crippen molar-refractivity contribution in [2.24, 2.45) is 0 Å². The molecule has 1 aromatic heterocycles. The number of aryl methyl sites for hydroxylation is 1. The van der Waals surface area contributed by atoms with E-state index in [-0.39, 0.29) is 0 Å². The predicted molar refractivity (Wildman–Crippen MR) is 82.6 cm³/mol. The van der Waals surface area contributed by atoms with Crippen LogP contribution in [0.4, 0.5) is 5.82 Å². The van der Waals surface area contributed by atoms with Crippen molar-refractivity contribution in [1.82, 2.24) is 9.97 Å². The Bertz CT molecular complexity index is 447. The van der Waals surface area contributed by atoms with Crippen molar-refractivity contribution in [2.45, 2.75) is 39.3 Å². The van der Waals surface area contributed by atoms with Gasteiger partial charge in [-0.2, -0.15) is 0 Å². The highest BCUT2D eigenvalue weighted by Crippen LogP contribution is 2.28. The summed E-state index contributed by atoms with van der Waals surface area (Å²) in [6.07, 6.45) is 4.98. The van der Waals surface area contributed by atoms with Crippen molar-refractivity contribution < 1.29 is 4.74 Å². The summed E-state index contributed by atoms with van der Waals surface area (Å²) in [5, 5.41) is 4.09. The highest BCUT2D eigenvalue weighted by Gasteiger charge is 2.16. The maximum absolute atomic E-state index is 5.74. The topological polar surface area (TPSA) is 47.0 Å². The molecular formula is C14H23N3OS. The molecule has 1 N–H and O–H groups in total. The van der Waals surface area contributed by atoms with E-state index in [1.807, 2.05) is 20.1 Å². The van der Waals surface area contributed by atoms with Crippen molar-refractivity contribution in [3.63, 3.8) is 0 Å². The first-order valence-electron chi connectivity index (χ1n) is 6.67. The van der Waals surface area contributed by atoms with Gasteiger partial charge in [0.05, 0.1) is 17.9 Å². The van der Waals surface area contributed by atoms with Gasteiger partial charge in [0.15, 0.2) is 5.16 Å². The molecule has 0 aromatic carbocycles. The van der Waals surface area contributed by atoms with Crippen LogP contribution in [0.2, 0.25) is 0 Å². The lowest BCUT2D eigenvalue weighted by Gasteiger charge is -2.16. The maximum Gasteiger partial charge on any atom is 0.189 e. The molecule has 0 aliphatic rings. The number of ether oxygens (including phenoxy) is 1. The number of hydrogen-bond donors (Lipinski definition) is 1. The Labute approximate surface area is 120 Å². The van der Waals surface area contributed by atoms with Crippen LogP contribution in [-0.4, -0.2) is 29.4 Å². The second-order valence-electron chi connectivity index (χ2n) is 3.96. The lowest BCUT2D eigenvalue weighted by Crippen LogP contribution is -2.09. The van der Waals surface area contributed by atoms with Gasteiger partial charge in [0.25, 0.3) is 0 Å². The van der Waals surface area contributed by atoms with E-state index in [0.29, 0.717) is 6.61 Å². The van der Waals surface area contributed by atoms with Crippen molar-refractivity contribution in [3.8, 4) is 0 Å². The van der Waals surface area contributed by atoms with E-state index in [2.05, 4.69) is 35.2 Å². The van der Waals surface area contributed by atoms with Crippen LogP contribution >= 0.6 is 11.8 Å². The van der Waals surface area contributed by atoms with Gasteiger partial charge >= 0.3 is 0 Å². The summed E-state index contributed by atoms with van der Waals surface area (Å²) in [7, 11) is 0. The van der Waals surface area contributed by atoms with E-state index in [1.165, 1.54) is 0 Å². The molecule has 0 saturated carbocycles. The minimum absolute atomic E-state index is 0.640. The Morgan fingerprint density at radius 3 is 2.58 bits per heavy atom. The summed E-state index contributed by atoms with van der Waals surface area (Å²) in [6.45, 7) is 9.61. The highest BCUT2D eigenvalue weighted by molar-refractivity contribution is 7.98. The molecule has 0 aliphatic heterocycles. The predicted octanol–water partition coefficient (Wildman–Crippen LogP) is 3.73. The highest BCUT2D eigenvalue weighted by atomic mass is 32.2. The fourth-order valence-corrected chi connectivity index (χ4v) is 2.21. The van der Waals surface area contributed by atoms with Crippen LogP contribution < -0.4 is 5.32 Å². The number of nitrogens with zero attached hydrogens (tertiary/aromatic N) is 2. The van der Waals surface area contributed by atoms with Crippen LogP contribution in [0.15, 0.2) is 11.2 Å². The summed E-state index contributed by atoms with van der Waals surface area (Å²) in [5.74, 6) is 1.72. The molecule has 0 unspecified atom stereocenters. The molecule has 0 spiro atoms. The van der Waals surface area contributed by atoms with Crippen molar-refractivity contribution in [2.75, 3.05) is 24.7 Å². The zero-order valence-electron chi connectivity index (χ0n) is 12.4. The van der Waals surface area contributed by atoms with Gasteiger partial charge in [-0.15, -0.1) is 0 Å². The Hall–Kier alpha value is -1.23. The summed E-state index contributed by atoms with van der Waals surface area (Å²) < 4.78 is 5.74. The number of rotatable bonds is 7. The number of allylic oxidation sites excluding steroid dienone is 1. The molecule has 0 atom stereocenters. The second-order valence-corrected chi connectivity index (χ2v) is 4.73. The van der Waals surface area contributed by atoms with E-state index >= 15 is 0 Å². The van der Waals surface area contributed by atoms with Crippen LogP contribution in [-0.2, 0) is 4.74 Å². The molecule has 1 aromatic rings. The monoisotopic (exact) mass is 281 g/mol. The molecule has 5 heteroatoms. The molecule has 1 rings (SSSR count). The summed E-state index contributed by atoms with van der Waals surface area (Å²) in [4.78, 5) is 9.06. The lowest BCUT2D eigenvalue weighted by molar-refractivity contribution is 0.297. The minimum Gasteiger partial charge on any atom is -0.493 e. The maximum atomic E-state index is 5.74. The van der Waals surface area contributed by atoms with Crippen LogP contribution in [0, 0.1) is 6.92 Å². The molecular weight excluding hydrogens is 258 g/mol. The van der Waals surface area contributed by atoms with Gasteiger partial charge in [-0.3, -0.25) is 0 Å². The largest absolute Gasteiger partial charge is 0.493 e. The molecule has 0 amide bonds. The van der Waals surface area contributed by atoms with Gasteiger partial charge < -0.3 is 10.1 Å². The molecule has 1 heterocycles. The SMILES string of the molecule is CC/C=C(/OCC)c1c(C)nc(SC)nc1NCC. The number of hydrogen-bond acceptors (Lipinski definition) is 5. The van der Waals surface area contributed by atoms with Crippen molar-refractivity contribution in [1.29, 1.82) is 0 Å². The van der Waals surface area contributed by atoms with Crippen molar-refractivity contribution in [3.05, 3.63) is 17.3 Å². The molecule has 0 fully saturated rings. The first-order valence-corrected chi connectivity index (χ1v) is 7.90. The van der Waals surface area contributed by atoms with E-state index in [1.54, 1.807) is 11.8 Å². The molecule has 0 bridgehead atoms. The van der Waals surface area contributed by atoms with Gasteiger partial charge in [-0.25, -0.2) is 9.97 Å². The Morgan fingerprint density at radius 1 is 1.32 bits per heavy atom. The first kappa shape index (κ1) is 15.8. The fraction of sp³-hybridized carbons (Fsp3) is 0.571. The smallest absolute Gasteiger partial charge is 0.189 e. The third-order valence-corrected chi connectivity index (χ3v) is 3.08. The first-order chi connectivity index (χ1) is 9.17. The standard InChI is InChI=1S/C14H23N3OS/c1-6-9-11(18-8-3)12-10(4)16-14(19-5)17-13(12)15-7-2/h9H,6-8H2,1-5H3,(H,15,16,17)/b11-9+. The van der Waals surface area contributed by atoms with Gasteiger partial charge in [0.2, 0.25) is 0 Å². The van der Waals surface area contributed by atoms with Gasteiger partial charge in [0.1, 0.15) is 11.6 Å². The quantitative estimate of drug-likeness (QED) is 0.469. The van der Waals surface area contributed by atoms with Crippen molar-refractivity contribution >= 4 is 23.3 Å². The fourth-order valence-electron chi connectivity index (χ4n) is 1.80. The van der Waals surface area contributed by atoms with Crippen LogP contribution in [0.25, 0.3) is 5.76 Å². The lowest BCUT2D eigenvalue weighted by atomic mass is 10.1. The van der Waals surface area contributed by atoms with Crippen LogP contribution in [0.5, 0.6) is 0 Å². The van der Waals surface area contributed by atoms with Gasteiger partial charge in [-0.05, 0) is 39.5 Å². The summed E-state index contributed by atoms with van der Waals surface area (Å²) >= 11 is 1.55. The number of aromatic nitrogens is 2. The Kier molecular flexibility index (Phi) is 6.70. The van der Waals surface area contributed by atoms with E-state index in [0.717, 1.165) is 41.0 Å². The van der Waals surface area contributed by atoms with Gasteiger partial charge in [0, 0.05) is 6.54 Å².